The molecule has 2 rings (SSSR count). The number of rotatable bonds is 8. The molecule has 2 aromatic rings. The number of allylic oxidation sites excluding steroid dienone is 1. The van der Waals surface area contributed by atoms with Crippen LogP contribution in [-0.4, -0.2) is 33.8 Å². The molecule has 2 N–H and O–H groups in total. The fraction of sp³-hybridized carbons (Fsp3) is 0.444. The van der Waals surface area contributed by atoms with Crippen LogP contribution in [0, 0.1) is 5.92 Å². The highest BCUT2D eigenvalue weighted by Crippen LogP contribution is 2.25. The normalized spacial score (nSPS) is 11.0. The first-order valence-corrected chi connectivity index (χ1v) is 10.5. The summed E-state index contributed by atoms with van der Waals surface area (Å²) in [6.45, 7) is 10.4. The number of carbonyl (C=O) groups is 2. The van der Waals surface area contributed by atoms with Crippen LogP contribution < -0.4 is 16.2 Å². The van der Waals surface area contributed by atoms with Crippen molar-refractivity contribution in [3.63, 3.8) is 0 Å². The van der Waals surface area contributed by atoms with Crippen molar-refractivity contribution in [2.24, 2.45) is 5.92 Å². The third-order valence-electron chi connectivity index (χ3n) is 3.58. The molecule has 0 unspecified atom stereocenters. The Morgan fingerprint density at radius 1 is 1.44 bits per heavy atom. The Bertz CT molecular complexity index is 902. The molecular formula is C18H24N4O3S2. The highest BCUT2D eigenvalue weighted by atomic mass is 32.2. The number of aromatic nitrogens is 2. The lowest BCUT2D eigenvalue weighted by Crippen LogP contribution is -2.41. The van der Waals surface area contributed by atoms with E-state index in [-0.39, 0.29) is 11.3 Å². The van der Waals surface area contributed by atoms with Gasteiger partial charge in [0.15, 0.2) is 5.16 Å². The van der Waals surface area contributed by atoms with Gasteiger partial charge in [-0.05, 0) is 18.4 Å². The number of fused-ring (bicyclic) bond motifs is 1. The van der Waals surface area contributed by atoms with E-state index in [4.69, 9.17) is 0 Å². The number of hydrogen-bond donors (Lipinski definition) is 2. The molecule has 3 amide bonds. The summed E-state index contributed by atoms with van der Waals surface area (Å²) >= 11 is 2.60. The average molecular weight is 409 g/mol. The van der Waals surface area contributed by atoms with Crippen LogP contribution in [0.1, 0.15) is 25.6 Å². The predicted molar refractivity (Wildman–Crippen MR) is 111 cm³/mol. The second-order valence-corrected chi connectivity index (χ2v) is 8.38. The van der Waals surface area contributed by atoms with Crippen LogP contribution in [0.5, 0.6) is 0 Å². The number of nitrogens with zero attached hydrogens (tertiary/aromatic N) is 2. The largest absolute Gasteiger partial charge is 0.338 e. The number of amides is 3. The fourth-order valence-electron chi connectivity index (χ4n) is 2.26. The Kier molecular flexibility index (Phi) is 7.61. The van der Waals surface area contributed by atoms with Crippen molar-refractivity contribution < 1.29 is 9.59 Å². The summed E-state index contributed by atoms with van der Waals surface area (Å²) in [4.78, 5) is 42.7. The highest BCUT2D eigenvalue weighted by molar-refractivity contribution is 7.99. The van der Waals surface area contributed by atoms with Crippen LogP contribution in [0.25, 0.3) is 10.2 Å². The van der Waals surface area contributed by atoms with E-state index < -0.39 is 11.9 Å². The number of nitrogens with one attached hydrogen (secondary N) is 2. The number of hydrogen-bond acceptors (Lipinski definition) is 6. The van der Waals surface area contributed by atoms with Crippen LogP contribution in [0.3, 0.4) is 0 Å². The Labute approximate surface area is 166 Å². The van der Waals surface area contributed by atoms with Gasteiger partial charge in [0.25, 0.3) is 5.56 Å². The second kappa shape index (κ2) is 9.70. The summed E-state index contributed by atoms with van der Waals surface area (Å²) in [6, 6.07) is 1.35. The minimum atomic E-state index is -0.521. The first-order chi connectivity index (χ1) is 12.8. The Balaban J connectivity index is 2.14. The fourth-order valence-corrected chi connectivity index (χ4v) is 4.07. The molecule has 0 atom stereocenters. The van der Waals surface area contributed by atoms with E-state index in [1.54, 1.807) is 6.08 Å². The van der Waals surface area contributed by atoms with E-state index in [1.165, 1.54) is 15.9 Å². The van der Waals surface area contributed by atoms with Crippen molar-refractivity contribution in [2.75, 3.05) is 12.3 Å². The summed E-state index contributed by atoms with van der Waals surface area (Å²) in [5, 5.41) is 5.93. The van der Waals surface area contributed by atoms with Gasteiger partial charge >= 0.3 is 6.03 Å². The third kappa shape index (κ3) is 5.67. The molecule has 27 heavy (non-hydrogen) atoms. The molecule has 0 aromatic carbocycles. The maximum Gasteiger partial charge on any atom is 0.321 e. The van der Waals surface area contributed by atoms with Crippen LogP contribution in [0.2, 0.25) is 0 Å². The van der Waals surface area contributed by atoms with E-state index in [0.717, 1.165) is 23.1 Å². The van der Waals surface area contributed by atoms with Crippen molar-refractivity contribution in [1.29, 1.82) is 0 Å². The molecule has 7 nitrogen and oxygen atoms in total. The summed E-state index contributed by atoms with van der Waals surface area (Å²) in [5.74, 6) is -0.166. The number of aryl methyl sites for hydroxylation is 1. The van der Waals surface area contributed by atoms with Crippen LogP contribution in [0.15, 0.2) is 28.7 Å². The van der Waals surface area contributed by atoms with Crippen molar-refractivity contribution in [2.45, 2.75) is 38.9 Å². The molecule has 0 aliphatic heterocycles. The zero-order chi connectivity index (χ0) is 20.0. The number of imide groups is 1. The molecule has 146 valence electrons. The standard InChI is InChI=1S/C18H24N4O3S2/c1-5-7-22-16(24)13-8-12(6-2)27-15(13)21-18(22)26-10-14(23)20-17(25)19-9-11(3)4/h5,8,11H,1,6-7,9-10H2,2-4H3,(H2,19,20,23,25). The monoisotopic (exact) mass is 408 g/mol. The molecular weight excluding hydrogens is 384 g/mol. The minimum Gasteiger partial charge on any atom is -0.338 e. The van der Waals surface area contributed by atoms with Crippen molar-refractivity contribution in [3.8, 4) is 0 Å². The number of thiophene rings is 1. The zero-order valence-electron chi connectivity index (χ0n) is 15.7. The molecule has 0 saturated carbocycles. The summed E-state index contributed by atoms with van der Waals surface area (Å²) < 4.78 is 1.50. The van der Waals surface area contributed by atoms with Gasteiger partial charge in [-0.15, -0.1) is 17.9 Å². The topological polar surface area (TPSA) is 93.1 Å². The second-order valence-electron chi connectivity index (χ2n) is 6.32. The molecule has 0 radical (unpaired) electrons. The van der Waals surface area contributed by atoms with E-state index in [0.29, 0.717) is 34.4 Å². The SMILES string of the molecule is C=CCn1c(SCC(=O)NC(=O)NCC(C)C)nc2sc(CC)cc2c1=O. The molecule has 0 bridgehead atoms. The number of urea groups is 1. The number of thioether (sulfide) groups is 1. The first-order valence-electron chi connectivity index (χ1n) is 8.70. The molecule has 2 aromatic heterocycles. The molecule has 0 aliphatic rings. The lowest BCUT2D eigenvalue weighted by molar-refractivity contribution is -0.117. The Hall–Kier alpha value is -2.13. The third-order valence-corrected chi connectivity index (χ3v) is 5.73. The molecule has 0 spiro atoms. The van der Waals surface area contributed by atoms with Gasteiger partial charge in [0.2, 0.25) is 5.91 Å². The quantitative estimate of drug-likeness (QED) is 0.398. The van der Waals surface area contributed by atoms with Gasteiger partial charge in [0.1, 0.15) is 4.83 Å². The molecule has 0 saturated heterocycles. The van der Waals surface area contributed by atoms with E-state index in [1.807, 2.05) is 26.8 Å². The smallest absolute Gasteiger partial charge is 0.321 e. The van der Waals surface area contributed by atoms with Gasteiger partial charge < -0.3 is 5.32 Å². The Morgan fingerprint density at radius 2 is 2.19 bits per heavy atom. The van der Waals surface area contributed by atoms with E-state index in [2.05, 4.69) is 22.2 Å². The molecule has 9 heteroatoms. The predicted octanol–water partition coefficient (Wildman–Crippen LogP) is 2.78. The van der Waals surface area contributed by atoms with Gasteiger partial charge in [-0.3, -0.25) is 19.5 Å². The maximum atomic E-state index is 12.7. The van der Waals surface area contributed by atoms with Crippen molar-refractivity contribution in [3.05, 3.63) is 34.0 Å². The Morgan fingerprint density at radius 3 is 2.81 bits per heavy atom. The van der Waals surface area contributed by atoms with E-state index >= 15 is 0 Å². The van der Waals surface area contributed by atoms with Gasteiger partial charge in [0, 0.05) is 18.0 Å². The van der Waals surface area contributed by atoms with Gasteiger partial charge in [-0.25, -0.2) is 9.78 Å². The molecule has 2 heterocycles. The van der Waals surface area contributed by atoms with Crippen LogP contribution >= 0.6 is 23.1 Å². The lowest BCUT2D eigenvalue weighted by atomic mass is 10.2. The highest BCUT2D eigenvalue weighted by Gasteiger charge is 2.16. The zero-order valence-corrected chi connectivity index (χ0v) is 17.3. The van der Waals surface area contributed by atoms with Crippen LogP contribution in [-0.2, 0) is 17.8 Å². The van der Waals surface area contributed by atoms with Crippen molar-refractivity contribution in [1.82, 2.24) is 20.2 Å². The van der Waals surface area contributed by atoms with Crippen molar-refractivity contribution >= 4 is 45.3 Å². The molecule has 0 aliphatic carbocycles. The molecule has 0 fully saturated rings. The van der Waals surface area contributed by atoms with Gasteiger partial charge in [-0.1, -0.05) is 38.6 Å². The summed E-state index contributed by atoms with van der Waals surface area (Å²) in [7, 11) is 0. The van der Waals surface area contributed by atoms with Crippen LogP contribution in [0.4, 0.5) is 4.79 Å². The van der Waals surface area contributed by atoms with Gasteiger partial charge in [-0.2, -0.15) is 0 Å². The average Bonchev–Trinajstić information content (AvgIpc) is 3.04. The summed E-state index contributed by atoms with van der Waals surface area (Å²) in [6.07, 6.45) is 2.45. The van der Waals surface area contributed by atoms with E-state index in [9.17, 15) is 14.4 Å². The first kappa shape index (κ1) is 21.2. The minimum absolute atomic E-state index is 0.0177. The lowest BCUT2D eigenvalue weighted by Gasteiger charge is -2.10. The maximum absolute atomic E-state index is 12.7. The number of carbonyl (C=O) groups excluding carboxylic acids is 2. The summed E-state index contributed by atoms with van der Waals surface area (Å²) in [5.41, 5.74) is -0.145. The van der Waals surface area contributed by atoms with Gasteiger partial charge in [0.05, 0.1) is 11.1 Å².